The molecule has 6 nitrogen and oxygen atoms in total. The minimum atomic E-state index is -0.396. The lowest BCUT2D eigenvalue weighted by molar-refractivity contribution is -0.134. The van der Waals surface area contributed by atoms with Crippen LogP contribution in [0.25, 0.3) is 0 Å². The number of amides is 2. The van der Waals surface area contributed by atoms with E-state index in [2.05, 4.69) is 22.3 Å². The van der Waals surface area contributed by atoms with Gasteiger partial charge in [-0.05, 0) is 92.3 Å². The Bertz CT molecular complexity index is 1150. The number of aryl methyl sites for hydroxylation is 2. The fourth-order valence-electron chi connectivity index (χ4n) is 7.30. The Labute approximate surface area is 231 Å². The highest BCUT2D eigenvalue weighted by atomic mass is 19.1. The minimum Gasteiger partial charge on any atom is -0.370 e. The average Bonchev–Trinajstić information content (AvgIpc) is 3.64. The van der Waals surface area contributed by atoms with Crippen LogP contribution in [-0.4, -0.2) is 31.5 Å². The number of anilines is 2. The number of hydrogen-bond acceptors (Lipinski definition) is 4. The molecule has 39 heavy (non-hydrogen) atoms. The first-order valence-electron chi connectivity index (χ1n) is 14.6. The molecular formula is C32H42FN3O3. The number of nitrogens with one attached hydrogen (secondary N) is 1. The second-order valence-corrected chi connectivity index (χ2v) is 11.8. The van der Waals surface area contributed by atoms with E-state index in [4.69, 9.17) is 10.5 Å². The molecule has 2 aliphatic carbocycles. The minimum absolute atomic E-state index is 0.0562. The fourth-order valence-corrected chi connectivity index (χ4v) is 7.30. The third kappa shape index (κ3) is 6.13. The number of carbonyl (C=O) groups is 2. The number of halogens is 1. The smallest absolute Gasteiger partial charge is 0.228 e. The normalized spacial score (nSPS) is 22.1. The van der Waals surface area contributed by atoms with Gasteiger partial charge in [0.2, 0.25) is 11.8 Å². The van der Waals surface area contributed by atoms with Gasteiger partial charge in [-0.15, -0.1) is 0 Å². The van der Waals surface area contributed by atoms with Gasteiger partial charge in [0.05, 0.1) is 18.4 Å². The van der Waals surface area contributed by atoms with Gasteiger partial charge in [-0.1, -0.05) is 37.8 Å². The zero-order valence-electron chi connectivity index (χ0n) is 23.3. The number of nitrogens with zero attached hydrogens (tertiary/aromatic N) is 1. The summed E-state index contributed by atoms with van der Waals surface area (Å²) in [7, 11) is 0. The van der Waals surface area contributed by atoms with Gasteiger partial charge >= 0.3 is 0 Å². The highest BCUT2D eigenvalue weighted by molar-refractivity contribution is 5.97. The number of primary amides is 1. The van der Waals surface area contributed by atoms with E-state index in [0.29, 0.717) is 13.2 Å². The molecule has 3 aliphatic rings. The molecule has 0 aromatic heterocycles. The molecule has 1 saturated heterocycles. The van der Waals surface area contributed by atoms with E-state index < -0.39 is 5.92 Å². The van der Waals surface area contributed by atoms with E-state index in [-0.39, 0.29) is 41.5 Å². The van der Waals surface area contributed by atoms with Crippen molar-refractivity contribution in [2.45, 2.75) is 71.3 Å². The predicted octanol–water partition coefficient (Wildman–Crippen LogP) is 6.06. The second-order valence-electron chi connectivity index (χ2n) is 11.8. The number of benzene rings is 2. The van der Waals surface area contributed by atoms with Gasteiger partial charge in [-0.25, -0.2) is 4.39 Å². The van der Waals surface area contributed by atoms with Crippen molar-refractivity contribution in [1.29, 1.82) is 0 Å². The summed E-state index contributed by atoms with van der Waals surface area (Å²) in [5, 5.41) is 3.26. The number of rotatable bonds is 8. The lowest BCUT2D eigenvalue weighted by Crippen LogP contribution is -2.44. The van der Waals surface area contributed by atoms with Gasteiger partial charge in [0.25, 0.3) is 0 Å². The fraction of sp³-hybridized carbons (Fsp3) is 0.562. The highest BCUT2D eigenvalue weighted by Crippen LogP contribution is 2.43. The van der Waals surface area contributed by atoms with E-state index in [1.165, 1.54) is 12.1 Å². The summed E-state index contributed by atoms with van der Waals surface area (Å²) in [4.78, 5) is 29.0. The number of morpholine rings is 1. The summed E-state index contributed by atoms with van der Waals surface area (Å²) >= 11 is 0. The maximum Gasteiger partial charge on any atom is 0.228 e. The van der Waals surface area contributed by atoms with Gasteiger partial charge in [-0.3, -0.25) is 9.59 Å². The molecule has 1 aliphatic heterocycles. The molecular weight excluding hydrogens is 493 g/mol. The van der Waals surface area contributed by atoms with Crippen LogP contribution >= 0.6 is 0 Å². The van der Waals surface area contributed by atoms with Crippen LogP contribution in [0.2, 0.25) is 0 Å². The van der Waals surface area contributed by atoms with Gasteiger partial charge in [-0.2, -0.15) is 0 Å². The van der Waals surface area contributed by atoms with Gasteiger partial charge < -0.3 is 20.7 Å². The Hall–Kier alpha value is -2.93. The lowest BCUT2D eigenvalue weighted by Gasteiger charge is -2.35. The zero-order chi connectivity index (χ0) is 27.5. The third-order valence-corrected chi connectivity index (χ3v) is 9.27. The first-order chi connectivity index (χ1) is 18.8. The Kier molecular flexibility index (Phi) is 8.55. The predicted molar refractivity (Wildman–Crippen MR) is 152 cm³/mol. The molecule has 7 heteroatoms. The summed E-state index contributed by atoms with van der Waals surface area (Å²) in [5.74, 6) is -0.982. The van der Waals surface area contributed by atoms with Crippen molar-refractivity contribution < 1.29 is 18.7 Å². The Morgan fingerprint density at radius 3 is 2.08 bits per heavy atom. The molecule has 0 bridgehead atoms. The second kappa shape index (κ2) is 12.1. The van der Waals surface area contributed by atoms with E-state index in [0.717, 1.165) is 86.0 Å². The van der Waals surface area contributed by atoms with Crippen LogP contribution < -0.4 is 16.0 Å². The monoisotopic (exact) mass is 535 g/mol. The molecule has 0 spiro atoms. The van der Waals surface area contributed by atoms with Crippen molar-refractivity contribution in [3.8, 4) is 0 Å². The van der Waals surface area contributed by atoms with Crippen LogP contribution in [0.4, 0.5) is 15.8 Å². The van der Waals surface area contributed by atoms with Crippen LogP contribution in [0.3, 0.4) is 0 Å². The van der Waals surface area contributed by atoms with E-state index in [9.17, 15) is 14.0 Å². The first-order valence-corrected chi connectivity index (χ1v) is 14.6. The SMILES string of the molecule is Cc1cc(N2CCOC(c3ccc(F)cc3)C2)cc(C)c1NC(=O)C(C1CCCC1)C(C(N)=O)C1CCCC1. The van der Waals surface area contributed by atoms with Crippen LogP contribution in [0, 0.1) is 43.3 Å². The zero-order valence-corrected chi connectivity index (χ0v) is 23.3. The summed E-state index contributed by atoms with van der Waals surface area (Å²) in [6, 6.07) is 10.7. The Morgan fingerprint density at radius 2 is 1.51 bits per heavy atom. The molecule has 3 N–H and O–H groups in total. The van der Waals surface area contributed by atoms with Crippen LogP contribution in [0.1, 0.15) is 74.2 Å². The quantitative estimate of drug-likeness (QED) is 0.431. The summed E-state index contributed by atoms with van der Waals surface area (Å²) in [5.41, 5.74) is 10.8. The number of carbonyl (C=O) groups excluding carboxylic acids is 2. The van der Waals surface area contributed by atoms with Crippen LogP contribution in [0.15, 0.2) is 36.4 Å². The van der Waals surface area contributed by atoms with Crippen molar-refractivity contribution in [3.05, 3.63) is 58.9 Å². The van der Waals surface area contributed by atoms with Gasteiger partial charge in [0.1, 0.15) is 11.9 Å². The van der Waals surface area contributed by atoms with Crippen molar-refractivity contribution in [2.24, 2.45) is 29.4 Å². The van der Waals surface area contributed by atoms with Crippen molar-refractivity contribution in [2.75, 3.05) is 29.9 Å². The van der Waals surface area contributed by atoms with Crippen LogP contribution in [-0.2, 0) is 14.3 Å². The summed E-state index contributed by atoms with van der Waals surface area (Å²) in [6.45, 7) is 6.06. The maximum atomic E-state index is 13.9. The molecule has 210 valence electrons. The molecule has 5 rings (SSSR count). The standard InChI is InChI=1S/C32H42FN3O3/c1-20-17-26(36-15-16-39-27(19-36)22-11-13-25(33)14-12-22)18-21(2)30(20)35-32(38)29(24-9-5-6-10-24)28(31(34)37)23-7-3-4-8-23/h11-14,17-18,23-24,27-29H,3-10,15-16,19H2,1-2H3,(H2,34,37)(H,35,38). The third-order valence-electron chi connectivity index (χ3n) is 9.27. The average molecular weight is 536 g/mol. The number of hydrogen-bond donors (Lipinski definition) is 2. The van der Waals surface area contributed by atoms with Crippen molar-refractivity contribution in [1.82, 2.24) is 0 Å². The van der Waals surface area contributed by atoms with E-state index in [1.54, 1.807) is 12.1 Å². The molecule has 2 aromatic carbocycles. The number of ether oxygens (including phenoxy) is 1. The summed E-state index contributed by atoms with van der Waals surface area (Å²) in [6.07, 6.45) is 8.23. The maximum absolute atomic E-state index is 13.9. The molecule has 3 atom stereocenters. The van der Waals surface area contributed by atoms with Crippen molar-refractivity contribution >= 4 is 23.2 Å². The van der Waals surface area contributed by atoms with Crippen LogP contribution in [0.5, 0.6) is 0 Å². The van der Waals surface area contributed by atoms with Gasteiger partial charge in [0, 0.05) is 24.5 Å². The molecule has 0 radical (unpaired) electrons. The Balaban J connectivity index is 1.35. The molecule has 3 fully saturated rings. The molecule has 2 amide bonds. The largest absolute Gasteiger partial charge is 0.370 e. The van der Waals surface area contributed by atoms with E-state index >= 15 is 0 Å². The van der Waals surface area contributed by atoms with E-state index in [1.807, 2.05) is 13.8 Å². The molecule has 2 saturated carbocycles. The lowest BCUT2D eigenvalue weighted by atomic mass is 9.72. The topological polar surface area (TPSA) is 84.7 Å². The molecule has 1 heterocycles. The summed E-state index contributed by atoms with van der Waals surface area (Å²) < 4.78 is 19.4. The molecule has 2 aromatic rings. The first kappa shape index (κ1) is 27.6. The molecule has 3 unspecified atom stereocenters. The Morgan fingerprint density at radius 1 is 0.949 bits per heavy atom. The highest BCUT2D eigenvalue weighted by Gasteiger charge is 2.44. The number of nitrogens with two attached hydrogens (primary N) is 1. The van der Waals surface area contributed by atoms with Gasteiger partial charge in [0.15, 0.2) is 0 Å². The van der Waals surface area contributed by atoms with Crippen molar-refractivity contribution in [3.63, 3.8) is 0 Å².